The SMILES string of the molecule is CCNC(CCN(CC)C(C)C)c1ccccc1C. The average molecular weight is 262 g/mol. The van der Waals surface area contributed by atoms with Gasteiger partial charge in [0.1, 0.15) is 0 Å². The molecule has 0 aliphatic carbocycles. The van der Waals surface area contributed by atoms with Gasteiger partial charge in [0, 0.05) is 18.6 Å². The molecular weight excluding hydrogens is 232 g/mol. The molecule has 1 aromatic carbocycles. The van der Waals surface area contributed by atoms with E-state index in [2.05, 4.69) is 69.1 Å². The number of nitrogens with zero attached hydrogens (tertiary/aromatic N) is 1. The Morgan fingerprint density at radius 3 is 2.37 bits per heavy atom. The van der Waals surface area contributed by atoms with E-state index >= 15 is 0 Å². The Morgan fingerprint density at radius 1 is 1.16 bits per heavy atom. The fourth-order valence-corrected chi connectivity index (χ4v) is 2.67. The van der Waals surface area contributed by atoms with E-state index in [0.717, 1.165) is 19.6 Å². The molecule has 0 aromatic heterocycles. The zero-order valence-corrected chi connectivity index (χ0v) is 13.2. The Morgan fingerprint density at radius 2 is 1.84 bits per heavy atom. The van der Waals surface area contributed by atoms with Crippen molar-refractivity contribution in [3.8, 4) is 0 Å². The maximum absolute atomic E-state index is 3.63. The van der Waals surface area contributed by atoms with Gasteiger partial charge >= 0.3 is 0 Å². The molecule has 108 valence electrons. The average Bonchev–Trinajstić information content (AvgIpc) is 2.38. The van der Waals surface area contributed by atoms with Gasteiger partial charge in [0.15, 0.2) is 0 Å². The summed E-state index contributed by atoms with van der Waals surface area (Å²) >= 11 is 0. The first-order chi connectivity index (χ1) is 9.10. The molecule has 1 atom stereocenters. The van der Waals surface area contributed by atoms with Crippen LogP contribution in [0, 0.1) is 6.92 Å². The van der Waals surface area contributed by atoms with Crippen LogP contribution in [-0.4, -0.2) is 30.6 Å². The summed E-state index contributed by atoms with van der Waals surface area (Å²) in [6, 6.07) is 9.83. The van der Waals surface area contributed by atoms with E-state index in [1.165, 1.54) is 17.5 Å². The van der Waals surface area contributed by atoms with Crippen LogP contribution in [0.25, 0.3) is 0 Å². The van der Waals surface area contributed by atoms with Crippen molar-refractivity contribution in [2.45, 2.75) is 53.1 Å². The van der Waals surface area contributed by atoms with Crippen LogP contribution in [0.1, 0.15) is 51.3 Å². The molecular formula is C17H30N2. The van der Waals surface area contributed by atoms with E-state index < -0.39 is 0 Å². The summed E-state index contributed by atoms with van der Waals surface area (Å²) in [7, 11) is 0. The molecule has 0 fully saturated rings. The highest BCUT2D eigenvalue weighted by atomic mass is 15.1. The van der Waals surface area contributed by atoms with Crippen molar-refractivity contribution in [1.29, 1.82) is 0 Å². The molecule has 1 N–H and O–H groups in total. The van der Waals surface area contributed by atoms with Gasteiger partial charge in [-0.05, 0) is 51.4 Å². The molecule has 0 bridgehead atoms. The van der Waals surface area contributed by atoms with Crippen molar-refractivity contribution >= 4 is 0 Å². The van der Waals surface area contributed by atoms with Gasteiger partial charge in [-0.2, -0.15) is 0 Å². The number of rotatable bonds is 8. The van der Waals surface area contributed by atoms with Gasteiger partial charge in [-0.15, -0.1) is 0 Å². The second-order valence-electron chi connectivity index (χ2n) is 5.48. The number of aryl methyl sites for hydroxylation is 1. The van der Waals surface area contributed by atoms with Gasteiger partial charge in [-0.3, -0.25) is 0 Å². The summed E-state index contributed by atoms with van der Waals surface area (Å²) in [6.07, 6.45) is 1.17. The second-order valence-corrected chi connectivity index (χ2v) is 5.48. The lowest BCUT2D eigenvalue weighted by Gasteiger charge is -2.28. The summed E-state index contributed by atoms with van der Waals surface area (Å²) in [5, 5.41) is 3.63. The lowest BCUT2D eigenvalue weighted by atomic mass is 9.98. The largest absolute Gasteiger partial charge is 0.310 e. The zero-order chi connectivity index (χ0) is 14.3. The van der Waals surface area contributed by atoms with E-state index in [4.69, 9.17) is 0 Å². The molecule has 1 rings (SSSR count). The molecule has 0 radical (unpaired) electrons. The van der Waals surface area contributed by atoms with Gasteiger partial charge in [0.25, 0.3) is 0 Å². The zero-order valence-electron chi connectivity index (χ0n) is 13.2. The Hall–Kier alpha value is -0.860. The van der Waals surface area contributed by atoms with Gasteiger partial charge in [0.05, 0.1) is 0 Å². The first-order valence-electron chi connectivity index (χ1n) is 7.63. The summed E-state index contributed by atoms with van der Waals surface area (Å²) < 4.78 is 0. The Kier molecular flexibility index (Phi) is 7.11. The second kappa shape index (κ2) is 8.34. The third-order valence-electron chi connectivity index (χ3n) is 3.86. The van der Waals surface area contributed by atoms with Gasteiger partial charge in [-0.25, -0.2) is 0 Å². The number of benzene rings is 1. The third kappa shape index (κ3) is 4.96. The summed E-state index contributed by atoms with van der Waals surface area (Å²) in [5.41, 5.74) is 2.84. The van der Waals surface area contributed by atoms with E-state index in [1.807, 2.05) is 0 Å². The summed E-state index contributed by atoms with van der Waals surface area (Å²) in [6.45, 7) is 14.5. The number of nitrogens with one attached hydrogen (secondary N) is 1. The molecule has 0 spiro atoms. The standard InChI is InChI=1S/C17H30N2/c1-6-18-17(12-13-19(7-2)14(3)4)16-11-9-8-10-15(16)5/h8-11,14,17-18H,6-7,12-13H2,1-5H3. The molecule has 0 aliphatic heterocycles. The minimum atomic E-state index is 0.471. The van der Waals surface area contributed by atoms with Crippen LogP contribution < -0.4 is 5.32 Å². The minimum absolute atomic E-state index is 0.471. The molecule has 1 aromatic rings. The first kappa shape index (κ1) is 16.2. The molecule has 1 unspecified atom stereocenters. The van der Waals surface area contributed by atoms with E-state index in [1.54, 1.807) is 0 Å². The topological polar surface area (TPSA) is 15.3 Å². The molecule has 0 aliphatic rings. The molecule has 0 amide bonds. The normalized spacial score (nSPS) is 13.2. The lowest BCUT2D eigenvalue weighted by Crippen LogP contribution is -2.34. The van der Waals surface area contributed by atoms with Crippen LogP contribution in [0.15, 0.2) is 24.3 Å². The fourth-order valence-electron chi connectivity index (χ4n) is 2.67. The van der Waals surface area contributed by atoms with Gasteiger partial charge < -0.3 is 10.2 Å². The smallest absolute Gasteiger partial charge is 0.0334 e. The fraction of sp³-hybridized carbons (Fsp3) is 0.647. The van der Waals surface area contributed by atoms with E-state index in [9.17, 15) is 0 Å². The van der Waals surface area contributed by atoms with Crippen LogP contribution in [0.5, 0.6) is 0 Å². The molecule has 19 heavy (non-hydrogen) atoms. The Labute approximate surface area is 119 Å². The molecule has 0 saturated heterocycles. The van der Waals surface area contributed by atoms with Crippen LogP contribution >= 0.6 is 0 Å². The van der Waals surface area contributed by atoms with Gasteiger partial charge in [-0.1, -0.05) is 38.1 Å². The van der Waals surface area contributed by atoms with Crippen LogP contribution in [0.3, 0.4) is 0 Å². The van der Waals surface area contributed by atoms with Crippen molar-refractivity contribution in [3.63, 3.8) is 0 Å². The molecule has 0 heterocycles. The predicted octanol–water partition coefficient (Wildman–Crippen LogP) is 3.77. The maximum atomic E-state index is 3.63. The quantitative estimate of drug-likeness (QED) is 0.767. The summed E-state index contributed by atoms with van der Waals surface area (Å²) in [4.78, 5) is 2.53. The molecule has 0 saturated carbocycles. The Balaban J connectivity index is 2.71. The monoisotopic (exact) mass is 262 g/mol. The summed E-state index contributed by atoms with van der Waals surface area (Å²) in [5.74, 6) is 0. The maximum Gasteiger partial charge on any atom is 0.0334 e. The number of hydrogen-bond donors (Lipinski definition) is 1. The lowest BCUT2D eigenvalue weighted by molar-refractivity contribution is 0.220. The minimum Gasteiger partial charge on any atom is -0.310 e. The van der Waals surface area contributed by atoms with Crippen LogP contribution in [0.2, 0.25) is 0 Å². The highest BCUT2D eigenvalue weighted by molar-refractivity contribution is 5.28. The first-order valence-corrected chi connectivity index (χ1v) is 7.63. The predicted molar refractivity (Wildman–Crippen MR) is 84.6 cm³/mol. The third-order valence-corrected chi connectivity index (χ3v) is 3.86. The molecule has 2 nitrogen and oxygen atoms in total. The molecule has 2 heteroatoms. The van der Waals surface area contributed by atoms with Gasteiger partial charge in [0.2, 0.25) is 0 Å². The number of hydrogen-bond acceptors (Lipinski definition) is 2. The van der Waals surface area contributed by atoms with Crippen LogP contribution in [-0.2, 0) is 0 Å². The van der Waals surface area contributed by atoms with Crippen molar-refractivity contribution in [2.24, 2.45) is 0 Å². The highest BCUT2D eigenvalue weighted by Gasteiger charge is 2.15. The van der Waals surface area contributed by atoms with E-state index in [-0.39, 0.29) is 0 Å². The van der Waals surface area contributed by atoms with Crippen molar-refractivity contribution in [2.75, 3.05) is 19.6 Å². The Bertz CT molecular complexity index is 360. The van der Waals surface area contributed by atoms with Crippen molar-refractivity contribution in [3.05, 3.63) is 35.4 Å². The van der Waals surface area contributed by atoms with Crippen molar-refractivity contribution in [1.82, 2.24) is 10.2 Å². The van der Waals surface area contributed by atoms with E-state index in [0.29, 0.717) is 12.1 Å². The van der Waals surface area contributed by atoms with Crippen LogP contribution in [0.4, 0.5) is 0 Å². The van der Waals surface area contributed by atoms with Crippen molar-refractivity contribution < 1.29 is 0 Å². The highest BCUT2D eigenvalue weighted by Crippen LogP contribution is 2.21.